The molecule has 2 aliphatic heterocycles. The Morgan fingerprint density at radius 1 is 1.00 bits per heavy atom. The highest BCUT2D eigenvalue weighted by Gasteiger charge is 2.42. The zero-order chi connectivity index (χ0) is 20.4. The normalized spacial score (nSPS) is 21.6. The van der Waals surface area contributed by atoms with Crippen molar-refractivity contribution < 1.29 is 9.53 Å². The van der Waals surface area contributed by atoms with Gasteiger partial charge in [-0.3, -0.25) is 4.98 Å². The molecule has 5 heteroatoms. The van der Waals surface area contributed by atoms with Crippen LogP contribution in [0.2, 0.25) is 0 Å². The van der Waals surface area contributed by atoms with E-state index in [9.17, 15) is 4.79 Å². The number of carbonyl (C=O) groups excluding carboxylic acids is 1. The molecule has 2 fully saturated rings. The number of nitrogens with zero attached hydrogens (tertiary/aromatic N) is 3. The molecule has 4 rings (SSSR count). The van der Waals surface area contributed by atoms with E-state index in [0.29, 0.717) is 11.8 Å². The predicted octanol–water partition coefficient (Wildman–Crippen LogP) is 4.56. The van der Waals surface area contributed by atoms with Gasteiger partial charge in [0.2, 0.25) is 0 Å². The van der Waals surface area contributed by atoms with Crippen LogP contribution in [-0.2, 0) is 4.74 Å². The lowest BCUT2D eigenvalue weighted by atomic mass is 10.0. The minimum Gasteiger partial charge on any atom is -0.444 e. The van der Waals surface area contributed by atoms with E-state index >= 15 is 0 Å². The van der Waals surface area contributed by atoms with Crippen molar-refractivity contribution in [1.29, 1.82) is 0 Å². The van der Waals surface area contributed by atoms with Crippen LogP contribution in [0.3, 0.4) is 0 Å². The molecular weight excluding hydrogens is 362 g/mol. The molecule has 0 aliphatic carbocycles. The molecule has 0 unspecified atom stereocenters. The van der Waals surface area contributed by atoms with Crippen molar-refractivity contribution in [1.82, 2.24) is 9.88 Å². The highest BCUT2D eigenvalue weighted by molar-refractivity contribution is 5.71. The molecule has 1 aromatic carbocycles. The average molecular weight is 392 g/mol. The number of hydrogen-bond acceptors (Lipinski definition) is 4. The van der Waals surface area contributed by atoms with E-state index in [1.807, 2.05) is 56.3 Å². The second kappa shape index (κ2) is 7.90. The monoisotopic (exact) mass is 391 g/mol. The maximum Gasteiger partial charge on any atom is 0.410 e. The first-order valence-corrected chi connectivity index (χ1v) is 10.3. The van der Waals surface area contributed by atoms with Crippen LogP contribution in [-0.4, -0.2) is 47.8 Å². The second-order valence-corrected chi connectivity index (χ2v) is 9.03. The molecule has 0 N–H and O–H groups in total. The van der Waals surface area contributed by atoms with Gasteiger partial charge in [0.1, 0.15) is 5.60 Å². The fourth-order valence-electron chi connectivity index (χ4n) is 4.15. The predicted molar refractivity (Wildman–Crippen MR) is 117 cm³/mol. The van der Waals surface area contributed by atoms with Crippen LogP contribution in [0.1, 0.15) is 31.9 Å². The van der Waals surface area contributed by atoms with Crippen LogP contribution in [0.25, 0.3) is 12.2 Å². The Balaban J connectivity index is 1.37. The standard InChI is InChI=1S/C24H29N3O2/c1-24(2,3)29-23(28)27-16-20-14-26(15-21(20)17-27)22-11-19(12-25-13-22)10-9-18-7-5-4-6-8-18/h4-13,20-21H,14-17H2,1-3H3/t20-,21+. The van der Waals surface area contributed by atoms with Crippen molar-refractivity contribution in [2.24, 2.45) is 11.8 Å². The number of pyridine rings is 1. The molecule has 29 heavy (non-hydrogen) atoms. The maximum absolute atomic E-state index is 12.3. The molecule has 0 radical (unpaired) electrons. The third-order valence-electron chi connectivity index (χ3n) is 5.52. The minimum atomic E-state index is -0.444. The number of anilines is 1. The van der Waals surface area contributed by atoms with Gasteiger partial charge in [-0.25, -0.2) is 4.79 Å². The van der Waals surface area contributed by atoms with Gasteiger partial charge in [-0.2, -0.15) is 0 Å². The molecule has 5 nitrogen and oxygen atoms in total. The number of carbonyl (C=O) groups is 1. The van der Waals surface area contributed by atoms with Gasteiger partial charge in [0.05, 0.1) is 11.9 Å². The van der Waals surface area contributed by atoms with Crippen LogP contribution in [0.4, 0.5) is 10.5 Å². The molecule has 0 spiro atoms. The number of rotatable bonds is 3. The smallest absolute Gasteiger partial charge is 0.410 e. The van der Waals surface area contributed by atoms with E-state index in [-0.39, 0.29) is 6.09 Å². The highest BCUT2D eigenvalue weighted by Crippen LogP contribution is 2.34. The van der Waals surface area contributed by atoms with E-state index in [4.69, 9.17) is 4.74 Å². The second-order valence-electron chi connectivity index (χ2n) is 9.03. The van der Waals surface area contributed by atoms with Gasteiger partial charge in [0, 0.05) is 44.2 Å². The minimum absolute atomic E-state index is 0.187. The molecule has 3 heterocycles. The molecule has 2 aromatic rings. The first-order chi connectivity index (χ1) is 13.9. The number of fused-ring (bicyclic) bond motifs is 1. The van der Waals surface area contributed by atoms with Crippen LogP contribution >= 0.6 is 0 Å². The number of aromatic nitrogens is 1. The molecule has 2 aliphatic rings. The van der Waals surface area contributed by atoms with E-state index in [0.717, 1.165) is 37.4 Å². The Labute approximate surface area is 173 Å². The Morgan fingerprint density at radius 3 is 2.31 bits per heavy atom. The largest absolute Gasteiger partial charge is 0.444 e. The van der Waals surface area contributed by atoms with Gasteiger partial charge in [-0.15, -0.1) is 0 Å². The zero-order valence-corrected chi connectivity index (χ0v) is 17.4. The fourth-order valence-corrected chi connectivity index (χ4v) is 4.15. The number of ether oxygens (including phenoxy) is 1. The van der Waals surface area contributed by atoms with Crippen LogP contribution in [0.5, 0.6) is 0 Å². The topological polar surface area (TPSA) is 45.7 Å². The number of likely N-dealkylation sites (tertiary alicyclic amines) is 1. The van der Waals surface area contributed by atoms with Crippen molar-refractivity contribution in [2.45, 2.75) is 26.4 Å². The Hall–Kier alpha value is -2.82. The van der Waals surface area contributed by atoms with E-state index in [2.05, 4.69) is 40.2 Å². The molecule has 1 amide bonds. The van der Waals surface area contributed by atoms with Crippen molar-refractivity contribution in [3.8, 4) is 0 Å². The lowest BCUT2D eigenvalue weighted by molar-refractivity contribution is 0.0282. The summed E-state index contributed by atoms with van der Waals surface area (Å²) in [5.74, 6) is 0.983. The number of benzene rings is 1. The molecular formula is C24H29N3O2. The SMILES string of the molecule is CC(C)(C)OC(=O)N1C[C@@H]2CN(c3cncc(C=Cc4ccccc4)c3)C[C@@H]2C1. The third kappa shape index (κ3) is 4.78. The molecule has 152 valence electrons. The summed E-state index contributed by atoms with van der Waals surface area (Å²) in [5, 5.41) is 0. The summed E-state index contributed by atoms with van der Waals surface area (Å²) >= 11 is 0. The van der Waals surface area contributed by atoms with Gasteiger partial charge >= 0.3 is 6.09 Å². The van der Waals surface area contributed by atoms with Crippen LogP contribution in [0.15, 0.2) is 48.8 Å². The van der Waals surface area contributed by atoms with Crippen molar-refractivity contribution >= 4 is 23.9 Å². The van der Waals surface area contributed by atoms with E-state index in [1.165, 1.54) is 5.56 Å². The van der Waals surface area contributed by atoms with Crippen molar-refractivity contribution in [2.75, 3.05) is 31.1 Å². The van der Waals surface area contributed by atoms with Crippen molar-refractivity contribution in [3.05, 3.63) is 59.9 Å². The lowest BCUT2D eigenvalue weighted by Gasteiger charge is -2.26. The zero-order valence-electron chi connectivity index (χ0n) is 17.4. The average Bonchev–Trinajstić information content (AvgIpc) is 3.25. The number of hydrogen-bond donors (Lipinski definition) is 0. The van der Waals surface area contributed by atoms with Crippen molar-refractivity contribution in [3.63, 3.8) is 0 Å². The van der Waals surface area contributed by atoms with Gasteiger partial charge in [0.25, 0.3) is 0 Å². The van der Waals surface area contributed by atoms with Crippen LogP contribution in [0, 0.1) is 11.8 Å². The summed E-state index contributed by atoms with van der Waals surface area (Å²) in [7, 11) is 0. The van der Waals surface area contributed by atoms with Gasteiger partial charge in [-0.05, 0) is 38.0 Å². The summed E-state index contributed by atoms with van der Waals surface area (Å²) in [4.78, 5) is 21.1. The third-order valence-corrected chi connectivity index (χ3v) is 5.52. The summed E-state index contributed by atoms with van der Waals surface area (Å²) in [6.45, 7) is 9.20. The first kappa shape index (κ1) is 19.5. The molecule has 2 saturated heterocycles. The summed E-state index contributed by atoms with van der Waals surface area (Å²) in [5.41, 5.74) is 2.98. The van der Waals surface area contributed by atoms with Gasteiger partial charge < -0.3 is 14.5 Å². The summed E-state index contributed by atoms with van der Waals surface area (Å²) in [6.07, 6.45) is 7.86. The maximum atomic E-state index is 12.3. The number of amides is 1. The quantitative estimate of drug-likeness (QED) is 0.770. The Morgan fingerprint density at radius 2 is 1.66 bits per heavy atom. The van der Waals surface area contributed by atoms with Gasteiger partial charge in [0.15, 0.2) is 0 Å². The first-order valence-electron chi connectivity index (χ1n) is 10.3. The molecule has 0 bridgehead atoms. The summed E-state index contributed by atoms with van der Waals surface area (Å²) in [6, 6.07) is 12.5. The van der Waals surface area contributed by atoms with E-state index < -0.39 is 5.60 Å². The Bertz CT molecular complexity index is 874. The fraction of sp³-hybridized carbons (Fsp3) is 0.417. The molecule has 2 atom stereocenters. The van der Waals surface area contributed by atoms with Gasteiger partial charge in [-0.1, -0.05) is 42.5 Å². The molecule has 0 saturated carbocycles. The van der Waals surface area contributed by atoms with Crippen LogP contribution < -0.4 is 4.90 Å². The van der Waals surface area contributed by atoms with E-state index in [1.54, 1.807) is 0 Å². The molecule has 1 aromatic heterocycles. The summed E-state index contributed by atoms with van der Waals surface area (Å²) < 4.78 is 5.53. The highest BCUT2D eigenvalue weighted by atomic mass is 16.6. The Kier molecular flexibility index (Phi) is 5.31. The lowest BCUT2D eigenvalue weighted by Crippen LogP contribution is -2.37.